The van der Waals surface area contributed by atoms with Crippen molar-refractivity contribution in [2.45, 2.75) is 12.8 Å². The zero-order chi connectivity index (χ0) is 20.8. The fourth-order valence-corrected chi connectivity index (χ4v) is 3.50. The van der Waals surface area contributed by atoms with Gasteiger partial charge >= 0.3 is 11.4 Å². The van der Waals surface area contributed by atoms with Crippen molar-refractivity contribution in [1.29, 1.82) is 0 Å². The summed E-state index contributed by atoms with van der Waals surface area (Å²) in [5.74, 6) is -0.427. The van der Waals surface area contributed by atoms with Gasteiger partial charge in [0.05, 0.1) is 15.8 Å². The molecular weight excluding hydrogens is 390 g/mol. The highest BCUT2D eigenvalue weighted by Gasteiger charge is 2.39. The van der Waals surface area contributed by atoms with E-state index in [0.717, 1.165) is 4.80 Å². The second kappa shape index (κ2) is 6.58. The van der Waals surface area contributed by atoms with E-state index in [1.165, 1.54) is 0 Å². The van der Waals surface area contributed by atoms with Gasteiger partial charge in [0, 0.05) is 24.2 Å². The average molecular weight is 405 g/mol. The molecule has 2 heterocycles. The van der Waals surface area contributed by atoms with E-state index in [0.29, 0.717) is 45.4 Å². The first-order chi connectivity index (χ1) is 14.5. The van der Waals surface area contributed by atoms with Crippen LogP contribution >= 0.6 is 0 Å². The molecule has 0 radical (unpaired) electrons. The van der Waals surface area contributed by atoms with E-state index in [1.807, 2.05) is 0 Å². The zero-order valence-electron chi connectivity index (χ0n) is 15.5. The summed E-state index contributed by atoms with van der Waals surface area (Å²) in [5.41, 5.74) is 8.48. The van der Waals surface area contributed by atoms with Gasteiger partial charge in [-0.05, 0) is 40.0 Å². The number of aromatic nitrogens is 5. The van der Waals surface area contributed by atoms with Gasteiger partial charge in [0.2, 0.25) is 5.69 Å². The Balaban J connectivity index is 1.57. The highest BCUT2D eigenvalue weighted by molar-refractivity contribution is 6.06. The van der Waals surface area contributed by atoms with E-state index < -0.39 is 5.91 Å². The molecule has 5 rings (SSSR count). The molecule has 0 unspecified atom stereocenters. The maximum atomic E-state index is 12.9. The molecule has 0 saturated carbocycles. The SMILES string of the molecule is Nc1cccc(NC(=O)c2ccccc2-n2nc3c([n+]2[O-])CCc2c-3no[n+]2[O-])c1. The lowest BCUT2D eigenvalue weighted by molar-refractivity contribution is -0.808. The highest BCUT2D eigenvalue weighted by atomic mass is 16.8. The Morgan fingerprint density at radius 1 is 1.10 bits per heavy atom. The summed E-state index contributed by atoms with van der Waals surface area (Å²) >= 11 is 0. The molecule has 150 valence electrons. The highest BCUT2D eigenvalue weighted by Crippen LogP contribution is 2.27. The molecule has 2 aromatic carbocycles. The molecule has 0 bridgehead atoms. The fraction of sp³-hybridized carbons (Fsp3) is 0.105. The van der Waals surface area contributed by atoms with Crippen molar-refractivity contribution >= 4 is 17.3 Å². The van der Waals surface area contributed by atoms with E-state index >= 15 is 0 Å². The monoisotopic (exact) mass is 405 g/mol. The Morgan fingerprint density at radius 3 is 2.73 bits per heavy atom. The van der Waals surface area contributed by atoms with E-state index in [2.05, 4.69) is 20.2 Å². The Kier molecular flexibility index (Phi) is 3.88. The van der Waals surface area contributed by atoms with Gasteiger partial charge < -0.3 is 21.5 Å². The minimum Gasteiger partial charge on any atom is -0.692 e. The van der Waals surface area contributed by atoms with Gasteiger partial charge in [-0.15, -0.1) is 4.85 Å². The van der Waals surface area contributed by atoms with Crippen molar-refractivity contribution in [2.24, 2.45) is 0 Å². The molecule has 0 saturated heterocycles. The topological polar surface area (TPSA) is 153 Å². The number of carbonyl (C=O) groups excluding carboxylic acids is 1. The van der Waals surface area contributed by atoms with Crippen molar-refractivity contribution in [2.75, 3.05) is 11.1 Å². The lowest BCUT2D eigenvalue weighted by Gasteiger charge is -2.11. The van der Waals surface area contributed by atoms with Crippen molar-refractivity contribution in [3.8, 4) is 17.1 Å². The van der Waals surface area contributed by atoms with Crippen LogP contribution in [-0.2, 0) is 12.8 Å². The van der Waals surface area contributed by atoms with Crippen LogP contribution < -0.4 is 20.8 Å². The third-order valence-corrected chi connectivity index (χ3v) is 4.90. The number of anilines is 2. The molecule has 2 aromatic heterocycles. The minimum atomic E-state index is -0.427. The van der Waals surface area contributed by atoms with Gasteiger partial charge in [-0.25, -0.2) is 0 Å². The van der Waals surface area contributed by atoms with Crippen molar-refractivity contribution in [1.82, 2.24) is 15.1 Å². The largest absolute Gasteiger partial charge is 0.692 e. The van der Waals surface area contributed by atoms with E-state index in [4.69, 9.17) is 5.73 Å². The van der Waals surface area contributed by atoms with Crippen LogP contribution in [0.2, 0.25) is 0 Å². The zero-order valence-corrected chi connectivity index (χ0v) is 15.5. The van der Waals surface area contributed by atoms with Gasteiger partial charge in [-0.1, -0.05) is 18.2 Å². The number of hydrogen-bond acceptors (Lipinski definition) is 7. The number of benzene rings is 2. The molecule has 3 N–H and O–H groups in total. The van der Waals surface area contributed by atoms with Crippen LogP contribution in [0, 0.1) is 10.4 Å². The van der Waals surface area contributed by atoms with Gasteiger partial charge in [0.1, 0.15) is 5.69 Å². The second-order valence-corrected chi connectivity index (χ2v) is 6.78. The maximum Gasteiger partial charge on any atom is 0.303 e. The normalized spacial score (nSPS) is 12.3. The summed E-state index contributed by atoms with van der Waals surface area (Å²) in [6.07, 6.45) is 0.605. The molecule has 0 spiro atoms. The van der Waals surface area contributed by atoms with E-state index in [-0.39, 0.29) is 22.6 Å². The molecule has 1 aliphatic carbocycles. The van der Waals surface area contributed by atoms with Crippen molar-refractivity contribution in [3.63, 3.8) is 0 Å². The molecule has 0 fully saturated rings. The summed E-state index contributed by atoms with van der Waals surface area (Å²) in [5, 5.41) is 35.4. The molecule has 0 atom stereocenters. The number of rotatable bonds is 3. The molecule has 1 amide bonds. The number of nitrogen functional groups attached to an aromatic ring is 1. The van der Waals surface area contributed by atoms with Crippen LogP contribution in [-0.4, -0.2) is 21.0 Å². The Labute approximate surface area is 169 Å². The van der Waals surface area contributed by atoms with Crippen LogP contribution in [0.25, 0.3) is 17.1 Å². The van der Waals surface area contributed by atoms with Crippen molar-refractivity contribution < 1.29 is 19.2 Å². The average Bonchev–Trinajstić information content (AvgIpc) is 3.28. The molecule has 0 aliphatic heterocycles. The van der Waals surface area contributed by atoms with Crippen molar-refractivity contribution in [3.05, 3.63) is 75.9 Å². The fourth-order valence-electron chi connectivity index (χ4n) is 3.50. The van der Waals surface area contributed by atoms with Crippen LogP contribution in [0.3, 0.4) is 0 Å². The number of amides is 1. The van der Waals surface area contributed by atoms with Crippen LogP contribution in [0.4, 0.5) is 11.4 Å². The third kappa shape index (κ3) is 2.71. The number of nitrogens with two attached hydrogens (primary N) is 1. The summed E-state index contributed by atoms with van der Waals surface area (Å²) < 4.78 is 4.64. The van der Waals surface area contributed by atoms with Gasteiger partial charge in [-0.2, -0.15) is 0 Å². The van der Waals surface area contributed by atoms with E-state index in [9.17, 15) is 15.2 Å². The van der Waals surface area contributed by atoms with Crippen LogP contribution in [0.15, 0.2) is 53.2 Å². The maximum absolute atomic E-state index is 12.9. The second-order valence-electron chi connectivity index (χ2n) is 6.78. The van der Waals surface area contributed by atoms with Gasteiger partial charge in [-0.3, -0.25) is 9.42 Å². The quantitative estimate of drug-likeness (QED) is 0.289. The number of hydrogen-bond donors (Lipinski definition) is 2. The Bertz CT molecular complexity index is 1290. The standard InChI is InChI=1S/C19H15N7O4/c20-11-4-3-5-12(10-11)21-19(27)13-6-1-2-7-14(13)24-22-17-15(25(24)28)8-9-16-18(17)23-30-26(16)29/h1-7,10H,8-9,20H2,(H,21,27). The summed E-state index contributed by atoms with van der Waals surface area (Å²) in [7, 11) is 0. The molecule has 4 aromatic rings. The lowest BCUT2D eigenvalue weighted by Crippen LogP contribution is -2.42. The van der Waals surface area contributed by atoms with Gasteiger partial charge in [0.25, 0.3) is 5.91 Å². The minimum absolute atomic E-state index is 0.233. The summed E-state index contributed by atoms with van der Waals surface area (Å²) in [4.78, 5) is 14.9. The number of para-hydroxylation sites is 1. The molecule has 1 aliphatic rings. The lowest BCUT2D eigenvalue weighted by atomic mass is 10.0. The van der Waals surface area contributed by atoms with Gasteiger partial charge in [0.15, 0.2) is 5.69 Å². The predicted molar refractivity (Wildman–Crippen MR) is 103 cm³/mol. The Hall–Kier alpha value is -4.41. The molecule has 11 nitrogen and oxygen atoms in total. The number of carbonyl (C=O) groups is 1. The van der Waals surface area contributed by atoms with Crippen LogP contribution in [0.5, 0.6) is 0 Å². The summed E-state index contributed by atoms with van der Waals surface area (Å²) in [6, 6.07) is 13.4. The molecular formula is C19H15N7O4. The number of nitrogens with one attached hydrogen (secondary N) is 1. The third-order valence-electron chi connectivity index (χ3n) is 4.90. The number of fused-ring (bicyclic) bond motifs is 3. The first kappa shape index (κ1) is 17.7. The Morgan fingerprint density at radius 2 is 1.90 bits per heavy atom. The first-order valence-electron chi connectivity index (χ1n) is 9.10. The first-order valence-corrected chi connectivity index (χ1v) is 9.10. The predicted octanol–water partition coefficient (Wildman–Crippen LogP) is 0.727. The number of nitrogens with zero attached hydrogens (tertiary/aromatic N) is 5. The molecule has 11 heteroatoms. The van der Waals surface area contributed by atoms with Crippen LogP contribution in [0.1, 0.15) is 21.7 Å². The smallest absolute Gasteiger partial charge is 0.303 e. The molecule has 30 heavy (non-hydrogen) atoms. The van der Waals surface area contributed by atoms with E-state index in [1.54, 1.807) is 48.5 Å². The summed E-state index contributed by atoms with van der Waals surface area (Å²) in [6.45, 7) is 0.